The van der Waals surface area contributed by atoms with Crippen molar-refractivity contribution in [3.05, 3.63) is 48.0 Å². The van der Waals surface area contributed by atoms with Gasteiger partial charge in [-0.25, -0.2) is 8.42 Å². The van der Waals surface area contributed by atoms with Crippen molar-refractivity contribution in [3.8, 4) is 5.75 Å². The summed E-state index contributed by atoms with van der Waals surface area (Å²) in [6.45, 7) is 10.6. The van der Waals surface area contributed by atoms with E-state index in [1.54, 1.807) is 11.0 Å². The number of amides is 2. The fourth-order valence-corrected chi connectivity index (χ4v) is 7.78. The zero-order valence-corrected chi connectivity index (χ0v) is 24.0. The fourth-order valence-electron chi connectivity index (χ4n) is 6.08. The summed E-state index contributed by atoms with van der Waals surface area (Å²) in [4.78, 5) is 31.9. The second kappa shape index (κ2) is 10.8. The SMILES string of the molecule is Cc1cccc(N2CCN(C(=O)CN3C(=O)COc4ccc(S(=O)(=O)N5C[C@H](C)C[C@H](C)C5)cc43)C[C@H]2C)c1. The third-order valence-electron chi connectivity index (χ3n) is 7.95. The van der Waals surface area contributed by atoms with Gasteiger partial charge in [-0.3, -0.25) is 14.5 Å². The molecular formula is C29H38N4O5S. The highest BCUT2D eigenvalue weighted by atomic mass is 32.2. The number of hydrogen-bond donors (Lipinski definition) is 0. The Balaban J connectivity index is 1.33. The third-order valence-corrected chi connectivity index (χ3v) is 9.78. The van der Waals surface area contributed by atoms with Crippen LogP contribution >= 0.6 is 0 Å². The van der Waals surface area contributed by atoms with Crippen molar-refractivity contribution in [1.82, 2.24) is 9.21 Å². The molecule has 3 atom stereocenters. The van der Waals surface area contributed by atoms with E-state index < -0.39 is 10.0 Å². The predicted octanol–water partition coefficient (Wildman–Crippen LogP) is 3.12. The Morgan fingerprint density at radius 2 is 1.74 bits per heavy atom. The van der Waals surface area contributed by atoms with Crippen LogP contribution in [-0.4, -0.2) is 81.4 Å². The maximum Gasteiger partial charge on any atom is 0.265 e. The molecule has 210 valence electrons. The van der Waals surface area contributed by atoms with Gasteiger partial charge < -0.3 is 14.5 Å². The minimum absolute atomic E-state index is 0.110. The first-order chi connectivity index (χ1) is 18.5. The number of carbonyl (C=O) groups excluding carboxylic acids is 2. The lowest BCUT2D eigenvalue weighted by atomic mass is 9.94. The smallest absolute Gasteiger partial charge is 0.265 e. The fraction of sp³-hybridized carbons (Fsp3) is 0.517. The molecule has 3 aliphatic rings. The normalized spacial score (nSPS) is 24.4. The Morgan fingerprint density at radius 1 is 1.00 bits per heavy atom. The second-order valence-electron chi connectivity index (χ2n) is 11.4. The number of nitrogens with zero attached hydrogens (tertiary/aromatic N) is 4. The molecule has 39 heavy (non-hydrogen) atoms. The van der Waals surface area contributed by atoms with Gasteiger partial charge in [-0.1, -0.05) is 26.0 Å². The van der Waals surface area contributed by atoms with Gasteiger partial charge in [0.15, 0.2) is 6.61 Å². The maximum absolute atomic E-state index is 13.5. The molecule has 2 fully saturated rings. The van der Waals surface area contributed by atoms with Crippen LogP contribution in [-0.2, 0) is 19.6 Å². The van der Waals surface area contributed by atoms with Crippen molar-refractivity contribution >= 4 is 33.2 Å². The van der Waals surface area contributed by atoms with E-state index in [1.807, 2.05) is 6.07 Å². The van der Waals surface area contributed by atoms with Gasteiger partial charge in [-0.2, -0.15) is 4.31 Å². The van der Waals surface area contributed by atoms with E-state index in [0.29, 0.717) is 44.2 Å². The number of aryl methyl sites for hydroxylation is 1. The molecular weight excluding hydrogens is 516 g/mol. The number of anilines is 2. The molecule has 0 radical (unpaired) electrons. The van der Waals surface area contributed by atoms with Crippen LogP contribution in [0.3, 0.4) is 0 Å². The van der Waals surface area contributed by atoms with Gasteiger partial charge in [0.25, 0.3) is 5.91 Å². The zero-order chi connectivity index (χ0) is 27.9. The lowest BCUT2D eigenvalue weighted by Crippen LogP contribution is -2.56. The number of hydrogen-bond acceptors (Lipinski definition) is 6. The number of piperidine rings is 1. The first kappa shape index (κ1) is 27.5. The van der Waals surface area contributed by atoms with E-state index >= 15 is 0 Å². The van der Waals surface area contributed by atoms with Crippen molar-refractivity contribution in [3.63, 3.8) is 0 Å². The highest BCUT2D eigenvalue weighted by Crippen LogP contribution is 2.36. The van der Waals surface area contributed by atoms with E-state index in [0.717, 1.165) is 12.1 Å². The summed E-state index contributed by atoms with van der Waals surface area (Å²) in [5.74, 6) is 0.415. The number of rotatable bonds is 5. The van der Waals surface area contributed by atoms with E-state index in [4.69, 9.17) is 4.74 Å². The topological polar surface area (TPSA) is 90.5 Å². The van der Waals surface area contributed by atoms with Crippen LogP contribution in [0.4, 0.5) is 11.4 Å². The molecule has 0 aliphatic carbocycles. The maximum atomic E-state index is 13.5. The molecule has 3 heterocycles. The molecule has 0 saturated carbocycles. The monoisotopic (exact) mass is 554 g/mol. The molecule has 0 aromatic heterocycles. The van der Waals surface area contributed by atoms with E-state index in [1.165, 1.54) is 26.9 Å². The Labute approximate surface area is 231 Å². The lowest BCUT2D eigenvalue weighted by molar-refractivity contribution is -0.132. The number of benzene rings is 2. The van der Waals surface area contributed by atoms with Gasteiger partial charge >= 0.3 is 0 Å². The van der Waals surface area contributed by atoms with Crippen LogP contribution in [0, 0.1) is 18.8 Å². The van der Waals surface area contributed by atoms with E-state index in [-0.39, 0.29) is 47.7 Å². The summed E-state index contributed by atoms with van der Waals surface area (Å²) in [6, 6.07) is 13.0. The molecule has 0 unspecified atom stereocenters. The number of ether oxygens (including phenoxy) is 1. The predicted molar refractivity (Wildman–Crippen MR) is 151 cm³/mol. The van der Waals surface area contributed by atoms with Gasteiger partial charge in [0.05, 0.1) is 10.6 Å². The van der Waals surface area contributed by atoms with Crippen LogP contribution in [0.5, 0.6) is 5.75 Å². The van der Waals surface area contributed by atoms with Gasteiger partial charge in [-0.15, -0.1) is 0 Å². The zero-order valence-electron chi connectivity index (χ0n) is 23.2. The lowest BCUT2D eigenvalue weighted by Gasteiger charge is -2.42. The number of carbonyl (C=O) groups is 2. The Bertz CT molecular complexity index is 1350. The molecule has 2 aromatic carbocycles. The molecule has 3 aliphatic heterocycles. The first-order valence-corrected chi connectivity index (χ1v) is 15.2. The summed E-state index contributed by atoms with van der Waals surface area (Å²) < 4.78 is 34.2. The van der Waals surface area contributed by atoms with Gasteiger partial charge in [0, 0.05) is 44.5 Å². The van der Waals surface area contributed by atoms with Crippen LogP contribution < -0.4 is 14.5 Å². The van der Waals surface area contributed by atoms with Crippen LogP contribution in [0.15, 0.2) is 47.4 Å². The molecule has 2 amide bonds. The third kappa shape index (κ3) is 5.63. The highest BCUT2D eigenvalue weighted by molar-refractivity contribution is 7.89. The summed E-state index contributed by atoms with van der Waals surface area (Å²) in [6.07, 6.45) is 0.992. The minimum atomic E-state index is -3.76. The molecule has 0 spiro atoms. The highest BCUT2D eigenvalue weighted by Gasteiger charge is 2.35. The van der Waals surface area contributed by atoms with E-state index in [2.05, 4.69) is 50.8 Å². The summed E-state index contributed by atoms with van der Waals surface area (Å²) >= 11 is 0. The second-order valence-corrected chi connectivity index (χ2v) is 13.3. The van der Waals surface area contributed by atoms with Gasteiger partial charge in [0.1, 0.15) is 12.3 Å². The molecule has 0 bridgehead atoms. The number of piperazine rings is 1. The van der Waals surface area contributed by atoms with Crippen molar-refractivity contribution in [2.24, 2.45) is 11.8 Å². The van der Waals surface area contributed by atoms with Crippen LogP contribution in [0.1, 0.15) is 32.8 Å². The van der Waals surface area contributed by atoms with Crippen molar-refractivity contribution in [2.45, 2.75) is 45.1 Å². The average molecular weight is 555 g/mol. The minimum Gasteiger partial charge on any atom is -0.482 e. The molecule has 10 heteroatoms. The molecule has 2 aromatic rings. The Hall–Kier alpha value is -3.11. The first-order valence-electron chi connectivity index (χ1n) is 13.7. The van der Waals surface area contributed by atoms with Gasteiger partial charge in [0.2, 0.25) is 15.9 Å². The largest absolute Gasteiger partial charge is 0.482 e. The Morgan fingerprint density at radius 3 is 2.44 bits per heavy atom. The van der Waals surface area contributed by atoms with Gasteiger partial charge in [-0.05, 0) is 68.0 Å². The number of sulfonamides is 1. The van der Waals surface area contributed by atoms with E-state index in [9.17, 15) is 18.0 Å². The molecule has 2 saturated heterocycles. The standard InChI is InChI=1S/C29H38N4O5S/c1-20-6-5-7-24(13-20)32-11-10-30(17-23(32)4)28(34)18-33-26-14-25(8-9-27(26)38-19-29(33)35)39(36,37)31-15-21(2)12-22(3)16-31/h5-9,13-14,21-23H,10-12,15-19H2,1-4H3/t21-,22+,23-/m1/s1. The quantitative estimate of drug-likeness (QED) is 0.564. The van der Waals surface area contributed by atoms with Crippen molar-refractivity contribution in [2.75, 3.05) is 55.7 Å². The van der Waals surface area contributed by atoms with Crippen LogP contribution in [0.2, 0.25) is 0 Å². The molecule has 5 rings (SSSR count). The Kier molecular flexibility index (Phi) is 7.61. The molecule has 0 N–H and O–H groups in total. The average Bonchev–Trinajstić information content (AvgIpc) is 2.89. The summed E-state index contributed by atoms with van der Waals surface area (Å²) in [5, 5.41) is 0. The van der Waals surface area contributed by atoms with Crippen molar-refractivity contribution < 1.29 is 22.7 Å². The number of fused-ring (bicyclic) bond motifs is 1. The van der Waals surface area contributed by atoms with Crippen molar-refractivity contribution in [1.29, 1.82) is 0 Å². The summed E-state index contributed by atoms with van der Waals surface area (Å²) in [7, 11) is -3.76. The molecule has 9 nitrogen and oxygen atoms in total. The summed E-state index contributed by atoms with van der Waals surface area (Å²) in [5.41, 5.74) is 2.65. The van der Waals surface area contributed by atoms with Crippen LogP contribution in [0.25, 0.3) is 0 Å².